The lowest BCUT2D eigenvalue weighted by molar-refractivity contribution is -0.152. The fourth-order valence-electron chi connectivity index (χ4n) is 4.81. The molecule has 144 valence electrons. The van der Waals surface area contributed by atoms with Gasteiger partial charge >= 0.3 is 0 Å². The van der Waals surface area contributed by atoms with Gasteiger partial charge in [-0.2, -0.15) is 0 Å². The molecule has 2 aliphatic heterocycles. The molecule has 3 aromatic rings. The third kappa shape index (κ3) is 2.60. The number of amides is 2. The van der Waals surface area contributed by atoms with Crippen LogP contribution in [0.4, 0.5) is 0 Å². The van der Waals surface area contributed by atoms with Gasteiger partial charge in [0.15, 0.2) is 0 Å². The number of carbonyl (C=O) groups is 2. The first-order valence-corrected chi connectivity index (χ1v) is 10.2. The van der Waals surface area contributed by atoms with Crippen LogP contribution in [-0.2, 0) is 16.1 Å². The van der Waals surface area contributed by atoms with Crippen molar-refractivity contribution in [2.24, 2.45) is 0 Å². The Labute approximate surface area is 168 Å². The number of para-hydroxylation sites is 1. The van der Waals surface area contributed by atoms with E-state index in [4.69, 9.17) is 11.6 Å². The zero-order valence-electron chi connectivity index (χ0n) is 15.8. The predicted molar refractivity (Wildman–Crippen MR) is 110 cm³/mol. The van der Waals surface area contributed by atoms with Crippen molar-refractivity contribution < 1.29 is 9.59 Å². The van der Waals surface area contributed by atoms with Crippen molar-refractivity contribution >= 4 is 45.2 Å². The summed E-state index contributed by atoms with van der Waals surface area (Å²) in [7, 11) is 0. The minimum absolute atomic E-state index is 0.00926. The number of fused-ring (bicyclic) bond motifs is 4. The van der Waals surface area contributed by atoms with Gasteiger partial charge < -0.3 is 14.4 Å². The normalized spacial score (nSPS) is 22.3. The van der Waals surface area contributed by atoms with Crippen molar-refractivity contribution in [2.75, 3.05) is 13.1 Å². The largest absolute Gasteiger partial charge is 0.336 e. The maximum absolute atomic E-state index is 13.3. The lowest BCUT2D eigenvalue weighted by Crippen LogP contribution is -2.60. The van der Waals surface area contributed by atoms with Gasteiger partial charge in [-0.3, -0.25) is 9.59 Å². The molecule has 2 fully saturated rings. The Kier molecular flexibility index (Phi) is 4.09. The highest BCUT2D eigenvalue weighted by Gasteiger charge is 2.42. The minimum Gasteiger partial charge on any atom is -0.336 e. The molecular formula is C22H22ClN3O2. The number of halogens is 1. The molecule has 28 heavy (non-hydrogen) atoms. The monoisotopic (exact) mass is 395 g/mol. The van der Waals surface area contributed by atoms with Gasteiger partial charge in [-0.05, 0) is 44.0 Å². The van der Waals surface area contributed by atoms with Crippen LogP contribution in [0.25, 0.3) is 21.8 Å². The van der Waals surface area contributed by atoms with Crippen molar-refractivity contribution in [3.63, 3.8) is 0 Å². The van der Waals surface area contributed by atoms with E-state index in [1.807, 2.05) is 52.8 Å². The molecule has 0 spiro atoms. The summed E-state index contributed by atoms with van der Waals surface area (Å²) in [6, 6.07) is 13.6. The van der Waals surface area contributed by atoms with Gasteiger partial charge in [-0.15, -0.1) is 0 Å². The van der Waals surface area contributed by atoms with Gasteiger partial charge in [0.25, 0.3) is 0 Å². The van der Waals surface area contributed by atoms with Crippen LogP contribution in [0, 0.1) is 0 Å². The number of carbonyl (C=O) groups excluding carboxylic acids is 2. The van der Waals surface area contributed by atoms with Crippen LogP contribution < -0.4 is 0 Å². The van der Waals surface area contributed by atoms with E-state index >= 15 is 0 Å². The maximum Gasteiger partial charge on any atom is 0.245 e. The van der Waals surface area contributed by atoms with E-state index in [2.05, 4.69) is 6.07 Å². The molecule has 5 rings (SSSR count). The van der Waals surface area contributed by atoms with E-state index in [0.29, 0.717) is 11.6 Å². The summed E-state index contributed by atoms with van der Waals surface area (Å²) in [6.07, 6.45) is 2.01. The molecule has 3 heterocycles. The Morgan fingerprint density at radius 2 is 1.93 bits per heavy atom. The summed E-state index contributed by atoms with van der Waals surface area (Å²) in [6.45, 7) is 3.52. The van der Waals surface area contributed by atoms with Crippen LogP contribution in [0.15, 0.2) is 42.5 Å². The summed E-state index contributed by atoms with van der Waals surface area (Å²) in [5.41, 5.74) is 1.99. The molecule has 2 aromatic carbocycles. The summed E-state index contributed by atoms with van der Waals surface area (Å²) in [5.74, 6) is 0.0705. The Morgan fingerprint density at radius 3 is 2.79 bits per heavy atom. The highest BCUT2D eigenvalue weighted by Crippen LogP contribution is 2.32. The molecule has 2 amide bonds. The van der Waals surface area contributed by atoms with Gasteiger partial charge in [0.05, 0.1) is 0 Å². The van der Waals surface area contributed by atoms with E-state index in [1.54, 1.807) is 4.90 Å². The van der Waals surface area contributed by atoms with Crippen LogP contribution in [0.5, 0.6) is 0 Å². The average Bonchev–Trinajstić information content (AvgIpc) is 3.28. The quantitative estimate of drug-likeness (QED) is 0.664. The molecule has 2 atom stereocenters. The molecule has 2 saturated heterocycles. The zero-order valence-corrected chi connectivity index (χ0v) is 16.5. The number of hydrogen-bond donors (Lipinski definition) is 0. The predicted octanol–water partition coefficient (Wildman–Crippen LogP) is 3.67. The van der Waals surface area contributed by atoms with Crippen molar-refractivity contribution in [2.45, 2.75) is 38.4 Å². The second kappa shape index (κ2) is 6.52. The maximum atomic E-state index is 13.3. The molecule has 0 aliphatic carbocycles. The number of piperazine rings is 1. The molecule has 0 radical (unpaired) electrons. The number of nitrogens with zero attached hydrogens (tertiary/aromatic N) is 3. The van der Waals surface area contributed by atoms with Crippen molar-refractivity contribution in [3.05, 3.63) is 47.5 Å². The second-order valence-corrected chi connectivity index (χ2v) is 8.25. The molecule has 0 bridgehead atoms. The molecule has 2 aliphatic rings. The van der Waals surface area contributed by atoms with Crippen LogP contribution >= 0.6 is 11.6 Å². The minimum atomic E-state index is -0.399. The number of benzene rings is 2. The van der Waals surface area contributed by atoms with Crippen molar-refractivity contribution in [3.8, 4) is 0 Å². The fraction of sp³-hybridized carbons (Fsp3) is 0.364. The van der Waals surface area contributed by atoms with E-state index in [-0.39, 0.29) is 24.4 Å². The highest BCUT2D eigenvalue weighted by molar-refractivity contribution is 6.31. The topological polar surface area (TPSA) is 45.6 Å². The summed E-state index contributed by atoms with van der Waals surface area (Å²) >= 11 is 6.22. The summed E-state index contributed by atoms with van der Waals surface area (Å²) in [5, 5.41) is 2.80. The number of aromatic nitrogens is 1. The Hall–Kier alpha value is -2.53. The lowest BCUT2D eigenvalue weighted by Gasteiger charge is -2.41. The molecular weight excluding hydrogens is 374 g/mol. The highest BCUT2D eigenvalue weighted by atomic mass is 35.5. The first-order chi connectivity index (χ1) is 13.5. The third-order valence-electron chi connectivity index (χ3n) is 6.24. The molecule has 0 saturated carbocycles. The van der Waals surface area contributed by atoms with Crippen LogP contribution in [0.3, 0.4) is 0 Å². The van der Waals surface area contributed by atoms with Crippen LogP contribution in [0.2, 0.25) is 5.02 Å². The van der Waals surface area contributed by atoms with Gasteiger partial charge in [0.1, 0.15) is 12.6 Å². The molecule has 0 unspecified atom stereocenters. The SMILES string of the molecule is C[C@H]1C(=O)N2CCC[C@@H]2CN1C(=O)Cn1c2ccccc2c2cc(Cl)ccc21. The van der Waals surface area contributed by atoms with Gasteiger partial charge in [-0.25, -0.2) is 0 Å². The number of rotatable bonds is 2. The molecule has 6 heteroatoms. The Bertz CT molecular complexity index is 1110. The van der Waals surface area contributed by atoms with Crippen molar-refractivity contribution in [1.29, 1.82) is 0 Å². The van der Waals surface area contributed by atoms with Gasteiger partial charge in [0.2, 0.25) is 11.8 Å². The standard InChI is InChI=1S/C22H22ClN3O2/c1-14-22(28)24-10-4-5-16(24)12-25(14)21(27)13-26-19-7-3-2-6-17(19)18-11-15(23)8-9-20(18)26/h2-3,6-9,11,14,16H,4-5,10,12-13H2,1H3/t14-,16+/m0/s1. The molecule has 1 aromatic heterocycles. The molecule has 5 nitrogen and oxygen atoms in total. The van der Waals surface area contributed by atoms with E-state index in [0.717, 1.165) is 41.2 Å². The summed E-state index contributed by atoms with van der Waals surface area (Å²) in [4.78, 5) is 29.7. The van der Waals surface area contributed by atoms with E-state index in [1.165, 1.54) is 0 Å². The lowest BCUT2D eigenvalue weighted by atomic mass is 10.1. The smallest absolute Gasteiger partial charge is 0.245 e. The first-order valence-electron chi connectivity index (χ1n) is 9.81. The fourth-order valence-corrected chi connectivity index (χ4v) is 4.99. The van der Waals surface area contributed by atoms with Gasteiger partial charge in [-0.1, -0.05) is 29.8 Å². The zero-order chi connectivity index (χ0) is 19.4. The van der Waals surface area contributed by atoms with Crippen molar-refractivity contribution in [1.82, 2.24) is 14.4 Å². The number of hydrogen-bond acceptors (Lipinski definition) is 2. The van der Waals surface area contributed by atoms with Crippen LogP contribution in [0.1, 0.15) is 19.8 Å². The van der Waals surface area contributed by atoms with Gasteiger partial charge in [0, 0.05) is 46.0 Å². The molecule has 0 N–H and O–H groups in total. The Morgan fingerprint density at radius 1 is 1.14 bits per heavy atom. The average molecular weight is 396 g/mol. The van der Waals surface area contributed by atoms with E-state index in [9.17, 15) is 9.59 Å². The Balaban J connectivity index is 1.52. The third-order valence-corrected chi connectivity index (χ3v) is 6.48. The van der Waals surface area contributed by atoms with Crippen LogP contribution in [-0.4, -0.2) is 51.4 Å². The summed E-state index contributed by atoms with van der Waals surface area (Å²) < 4.78 is 2.04. The second-order valence-electron chi connectivity index (χ2n) is 7.81. The first kappa shape index (κ1) is 17.6. The van der Waals surface area contributed by atoms with E-state index < -0.39 is 6.04 Å².